The Balaban J connectivity index is 1.00. The van der Waals surface area contributed by atoms with Crippen LogP contribution in [0.25, 0.3) is 6.08 Å². The number of carbonyl (C=O) groups is 3. The van der Waals surface area contributed by atoms with Crippen LogP contribution in [-0.2, 0) is 29.5 Å². The quantitative estimate of drug-likeness (QED) is 0.0378. The van der Waals surface area contributed by atoms with Crippen LogP contribution in [0.2, 0.25) is 0 Å². The summed E-state index contributed by atoms with van der Waals surface area (Å²) >= 11 is 0. The zero-order valence-corrected chi connectivity index (χ0v) is 34.3. The fourth-order valence-corrected chi connectivity index (χ4v) is 8.52. The smallest absolute Gasteiger partial charge is 0.343 e. The molecule has 0 amide bonds. The first-order valence-corrected chi connectivity index (χ1v) is 21.4. The zero-order chi connectivity index (χ0) is 41.0. The molecule has 1 spiro atoms. The first-order chi connectivity index (χ1) is 28.9. The van der Waals surface area contributed by atoms with E-state index in [9.17, 15) is 14.4 Å². The van der Waals surface area contributed by atoms with Crippen LogP contribution in [0.15, 0.2) is 115 Å². The maximum absolute atomic E-state index is 13.6. The molecule has 5 aromatic rings. The lowest BCUT2D eigenvalue weighted by atomic mass is 9.76. The fourth-order valence-electron chi connectivity index (χ4n) is 8.52. The summed E-state index contributed by atoms with van der Waals surface area (Å²) in [6.07, 6.45) is 17.0. The molecule has 304 valence electrons. The van der Waals surface area contributed by atoms with Crippen molar-refractivity contribution >= 4 is 24.0 Å². The Morgan fingerprint density at radius 3 is 1.75 bits per heavy atom. The van der Waals surface area contributed by atoms with Gasteiger partial charge in [0, 0.05) is 22.6 Å². The van der Waals surface area contributed by atoms with Gasteiger partial charge in [-0.05, 0) is 134 Å². The van der Waals surface area contributed by atoms with Gasteiger partial charge in [0.2, 0.25) is 0 Å². The number of unbranched alkanes of at least 4 members (excludes halogenated alkanes) is 6. The molecule has 0 heterocycles. The summed E-state index contributed by atoms with van der Waals surface area (Å²) < 4.78 is 23.6. The van der Waals surface area contributed by atoms with Crippen LogP contribution in [0.4, 0.5) is 0 Å². The van der Waals surface area contributed by atoms with Crippen molar-refractivity contribution in [2.24, 2.45) is 0 Å². The van der Waals surface area contributed by atoms with Crippen LogP contribution in [0, 0.1) is 0 Å². The highest BCUT2D eigenvalue weighted by atomic mass is 16.5. The molecule has 7 heteroatoms. The van der Waals surface area contributed by atoms with Crippen LogP contribution < -0.4 is 18.9 Å². The Morgan fingerprint density at radius 1 is 0.576 bits per heavy atom. The van der Waals surface area contributed by atoms with Gasteiger partial charge in [-0.15, -0.1) is 0 Å². The summed E-state index contributed by atoms with van der Waals surface area (Å²) in [5, 5.41) is 0. The molecular formula is C52H54O7. The molecule has 0 saturated carbocycles. The zero-order valence-electron chi connectivity index (χ0n) is 34.3. The first kappa shape index (κ1) is 41.2. The van der Waals surface area contributed by atoms with Gasteiger partial charge in [0.25, 0.3) is 0 Å². The Labute approximate surface area is 348 Å². The van der Waals surface area contributed by atoms with Crippen molar-refractivity contribution in [2.75, 3.05) is 6.61 Å². The Bertz CT molecular complexity index is 2250. The number of benzene rings is 5. The molecule has 0 aliphatic heterocycles. The van der Waals surface area contributed by atoms with Crippen molar-refractivity contribution in [1.29, 1.82) is 0 Å². The molecule has 1 atom stereocenters. The second-order valence-corrected chi connectivity index (χ2v) is 15.7. The fraction of sp³-hybridized carbons (Fsp3) is 0.327. The van der Waals surface area contributed by atoms with E-state index in [0.717, 1.165) is 72.8 Å². The molecule has 2 aliphatic rings. The van der Waals surface area contributed by atoms with Gasteiger partial charge in [-0.3, -0.25) is 0 Å². The van der Waals surface area contributed by atoms with Gasteiger partial charge in [-0.1, -0.05) is 101 Å². The Hall–Kier alpha value is -5.95. The first-order valence-electron chi connectivity index (χ1n) is 21.4. The second kappa shape index (κ2) is 19.7. The molecule has 2 aliphatic carbocycles. The van der Waals surface area contributed by atoms with Crippen LogP contribution in [0.5, 0.6) is 23.0 Å². The number of aryl methyl sites for hydroxylation is 3. The number of carbonyl (C=O) groups excluding carboxylic acids is 3. The highest BCUT2D eigenvalue weighted by molar-refractivity contribution is 5.93. The van der Waals surface area contributed by atoms with E-state index in [0.29, 0.717) is 40.7 Å². The minimum atomic E-state index is -0.517. The largest absolute Gasteiger partial charge is 0.494 e. The van der Waals surface area contributed by atoms with Gasteiger partial charge in [0.05, 0.1) is 17.7 Å². The van der Waals surface area contributed by atoms with Crippen LogP contribution in [0.3, 0.4) is 0 Å². The summed E-state index contributed by atoms with van der Waals surface area (Å²) in [4.78, 5) is 39.8. The van der Waals surface area contributed by atoms with Gasteiger partial charge in [0.1, 0.15) is 23.0 Å². The normalized spacial score (nSPS) is 15.2. The van der Waals surface area contributed by atoms with Crippen molar-refractivity contribution in [1.82, 2.24) is 0 Å². The molecule has 0 unspecified atom stereocenters. The predicted octanol–water partition coefficient (Wildman–Crippen LogP) is 12.0. The standard InChI is InChI=1S/C52H54O7/c1-3-5-7-9-13-37-18-20-38(21-19-37)22-31-47(53)58-45-16-11-14-39-32-34-52(48(39)45)35-33-40-15-12-17-46(49(40)52)59-51(55)42-25-29-44(30-26-42)57-50(54)41-23-27-43(28-24-41)56-36-10-8-6-4-2/h11-12,14-31H,3-10,13,32-36H2,1-2H3/t52-/m0/s1. The van der Waals surface area contributed by atoms with Crippen molar-refractivity contribution in [3.8, 4) is 23.0 Å². The number of hydrogen-bond acceptors (Lipinski definition) is 7. The number of esters is 3. The Kier molecular flexibility index (Phi) is 13.7. The molecule has 0 aromatic heterocycles. The average Bonchev–Trinajstić information content (AvgIpc) is 3.84. The highest BCUT2D eigenvalue weighted by Crippen LogP contribution is 2.57. The molecule has 59 heavy (non-hydrogen) atoms. The maximum Gasteiger partial charge on any atom is 0.343 e. The van der Waals surface area contributed by atoms with Gasteiger partial charge in [0.15, 0.2) is 0 Å². The molecule has 0 saturated heterocycles. The lowest BCUT2D eigenvalue weighted by molar-refractivity contribution is -0.129. The van der Waals surface area contributed by atoms with E-state index in [2.05, 4.69) is 38.1 Å². The third-order valence-electron chi connectivity index (χ3n) is 11.6. The molecule has 0 radical (unpaired) electrons. The second-order valence-electron chi connectivity index (χ2n) is 15.7. The van der Waals surface area contributed by atoms with Gasteiger partial charge >= 0.3 is 17.9 Å². The van der Waals surface area contributed by atoms with Gasteiger partial charge in [-0.2, -0.15) is 0 Å². The van der Waals surface area contributed by atoms with Crippen LogP contribution in [0.1, 0.15) is 132 Å². The van der Waals surface area contributed by atoms with Gasteiger partial charge in [-0.25, -0.2) is 14.4 Å². The van der Waals surface area contributed by atoms with Crippen molar-refractivity contribution in [3.05, 3.63) is 160 Å². The monoisotopic (exact) mass is 790 g/mol. The van der Waals surface area contributed by atoms with E-state index >= 15 is 0 Å². The van der Waals surface area contributed by atoms with Crippen LogP contribution in [-0.4, -0.2) is 24.5 Å². The molecule has 7 nitrogen and oxygen atoms in total. The van der Waals surface area contributed by atoms with Crippen molar-refractivity contribution < 1.29 is 33.3 Å². The summed E-state index contributed by atoms with van der Waals surface area (Å²) in [6.45, 7) is 5.04. The van der Waals surface area contributed by atoms with Crippen molar-refractivity contribution in [3.63, 3.8) is 0 Å². The van der Waals surface area contributed by atoms with E-state index in [1.54, 1.807) is 54.6 Å². The number of fused-ring (bicyclic) bond motifs is 4. The molecule has 7 rings (SSSR count). The lowest BCUT2D eigenvalue weighted by Gasteiger charge is -2.29. The number of rotatable bonds is 18. The van der Waals surface area contributed by atoms with E-state index in [-0.39, 0.29) is 0 Å². The van der Waals surface area contributed by atoms with E-state index < -0.39 is 23.3 Å². The third-order valence-corrected chi connectivity index (χ3v) is 11.6. The minimum absolute atomic E-state index is 0.313. The molecule has 5 aromatic carbocycles. The molecular weight excluding hydrogens is 737 g/mol. The Morgan fingerprint density at radius 2 is 1.14 bits per heavy atom. The molecule has 0 fully saturated rings. The predicted molar refractivity (Wildman–Crippen MR) is 232 cm³/mol. The van der Waals surface area contributed by atoms with Gasteiger partial charge < -0.3 is 18.9 Å². The van der Waals surface area contributed by atoms with E-state index in [4.69, 9.17) is 18.9 Å². The summed E-state index contributed by atoms with van der Waals surface area (Å²) in [6, 6.07) is 33.4. The summed E-state index contributed by atoms with van der Waals surface area (Å²) in [5.74, 6) is 0.604. The summed E-state index contributed by atoms with van der Waals surface area (Å²) in [5.41, 5.74) is 6.72. The SMILES string of the molecule is CCCCCCOc1ccc(C(=O)Oc2ccc(C(=O)Oc3cccc4c3[C@@]3(CCc5cccc(OC(=O)C=Cc6ccc(CCCCCC)cc6)c53)CC4)cc2)cc1. The third kappa shape index (κ3) is 10.0. The average molecular weight is 791 g/mol. The minimum Gasteiger partial charge on any atom is -0.494 e. The highest BCUT2D eigenvalue weighted by Gasteiger charge is 2.49. The van der Waals surface area contributed by atoms with Crippen molar-refractivity contribution in [2.45, 2.75) is 103 Å². The van der Waals surface area contributed by atoms with Crippen LogP contribution >= 0.6 is 0 Å². The topological polar surface area (TPSA) is 88.1 Å². The van der Waals surface area contributed by atoms with E-state index in [1.807, 2.05) is 36.4 Å². The summed E-state index contributed by atoms with van der Waals surface area (Å²) in [7, 11) is 0. The molecule has 0 N–H and O–H groups in total. The molecule has 0 bridgehead atoms. The van der Waals surface area contributed by atoms with E-state index in [1.165, 1.54) is 50.2 Å². The maximum atomic E-state index is 13.6. The number of hydrogen-bond donors (Lipinski definition) is 0. The lowest BCUT2D eigenvalue weighted by Crippen LogP contribution is -2.24. The number of ether oxygens (including phenoxy) is 4.